The maximum absolute atomic E-state index is 12.8. The monoisotopic (exact) mass is 423 g/mol. The molecule has 0 bridgehead atoms. The third-order valence-electron chi connectivity index (χ3n) is 4.99. The molecular weight excluding hydrogens is 393 g/mol. The molecule has 1 aliphatic heterocycles. The van der Waals surface area contributed by atoms with E-state index in [1.165, 1.54) is 11.1 Å². The van der Waals surface area contributed by atoms with E-state index >= 15 is 0 Å². The van der Waals surface area contributed by atoms with Gasteiger partial charge in [-0.1, -0.05) is 60.7 Å². The number of amides is 1. The van der Waals surface area contributed by atoms with Crippen molar-refractivity contribution < 1.29 is 4.79 Å². The van der Waals surface area contributed by atoms with E-state index in [0.29, 0.717) is 12.5 Å². The van der Waals surface area contributed by atoms with Crippen LogP contribution in [0.25, 0.3) is 0 Å². The Morgan fingerprint density at radius 3 is 2.04 bits per heavy atom. The van der Waals surface area contributed by atoms with Crippen molar-refractivity contribution in [2.45, 2.75) is 19.5 Å². The zero-order chi connectivity index (χ0) is 18.2. The van der Waals surface area contributed by atoms with E-state index in [9.17, 15) is 4.79 Å². The maximum atomic E-state index is 12.8. The first-order chi connectivity index (χ1) is 12.7. The second kappa shape index (κ2) is 12.8. The fourth-order valence-electron chi connectivity index (χ4n) is 3.66. The van der Waals surface area contributed by atoms with E-state index in [-0.39, 0.29) is 30.7 Å². The van der Waals surface area contributed by atoms with Crippen LogP contribution in [0.4, 0.5) is 0 Å². The van der Waals surface area contributed by atoms with Gasteiger partial charge in [-0.25, -0.2) is 0 Å². The standard InChI is InChI=1S/C22H29N3O.2ClH/c1-23-14-21-12-13-25(17-21)22(26)18-24(15-19-8-4-2-5-9-19)16-20-10-6-3-7-11-20;;/h2-11,21,23H,12-18H2,1H3;2*1H. The van der Waals surface area contributed by atoms with Gasteiger partial charge in [0.2, 0.25) is 5.91 Å². The average Bonchev–Trinajstić information content (AvgIpc) is 3.12. The summed E-state index contributed by atoms with van der Waals surface area (Å²) in [6.07, 6.45) is 1.10. The second-order valence-electron chi connectivity index (χ2n) is 7.17. The molecule has 28 heavy (non-hydrogen) atoms. The number of benzene rings is 2. The molecule has 1 aliphatic rings. The lowest BCUT2D eigenvalue weighted by Gasteiger charge is -2.25. The van der Waals surface area contributed by atoms with Crippen LogP contribution < -0.4 is 5.32 Å². The fourth-order valence-corrected chi connectivity index (χ4v) is 3.66. The van der Waals surface area contributed by atoms with Crippen molar-refractivity contribution in [1.82, 2.24) is 15.1 Å². The minimum absolute atomic E-state index is 0. The highest BCUT2D eigenvalue weighted by atomic mass is 35.5. The van der Waals surface area contributed by atoms with Crippen molar-refractivity contribution >= 4 is 30.7 Å². The van der Waals surface area contributed by atoms with Crippen LogP contribution in [0.1, 0.15) is 17.5 Å². The van der Waals surface area contributed by atoms with E-state index in [1.807, 2.05) is 24.1 Å². The van der Waals surface area contributed by atoms with Crippen LogP contribution in [0.15, 0.2) is 60.7 Å². The van der Waals surface area contributed by atoms with Crippen molar-refractivity contribution in [1.29, 1.82) is 0 Å². The molecule has 2 aromatic rings. The molecule has 1 fully saturated rings. The molecule has 1 saturated heterocycles. The predicted molar refractivity (Wildman–Crippen MR) is 120 cm³/mol. The number of halogens is 2. The molecule has 3 rings (SSSR count). The Balaban J connectivity index is 0.00000196. The Morgan fingerprint density at radius 2 is 1.54 bits per heavy atom. The van der Waals surface area contributed by atoms with E-state index in [4.69, 9.17) is 0 Å². The van der Waals surface area contributed by atoms with Gasteiger partial charge in [0.1, 0.15) is 0 Å². The number of carbonyl (C=O) groups excluding carboxylic acids is 1. The smallest absolute Gasteiger partial charge is 0.236 e. The number of rotatable bonds is 8. The van der Waals surface area contributed by atoms with Crippen LogP contribution in [0, 0.1) is 5.92 Å². The lowest BCUT2D eigenvalue weighted by atomic mass is 10.1. The number of nitrogens with one attached hydrogen (secondary N) is 1. The first-order valence-corrected chi connectivity index (χ1v) is 9.47. The normalized spacial score (nSPS) is 15.8. The molecule has 1 N–H and O–H groups in total. The van der Waals surface area contributed by atoms with Crippen LogP contribution in [-0.2, 0) is 17.9 Å². The molecule has 0 aliphatic carbocycles. The summed E-state index contributed by atoms with van der Waals surface area (Å²) in [5.41, 5.74) is 2.48. The van der Waals surface area contributed by atoms with Gasteiger partial charge in [0, 0.05) is 26.2 Å². The second-order valence-corrected chi connectivity index (χ2v) is 7.17. The zero-order valence-corrected chi connectivity index (χ0v) is 18.1. The lowest BCUT2D eigenvalue weighted by molar-refractivity contribution is -0.131. The number of hydrogen-bond donors (Lipinski definition) is 1. The van der Waals surface area contributed by atoms with E-state index in [0.717, 1.165) is 39.1 Å². The van der Waals surface area contributed by atoms with Gasteiger partial charge in [0.15, 0.2) is 0 Å². The predicted octanol–water partition coefficient (Wildman–Crippen LogP) is 3.60. The van der Waals surface area contributed by atoms with E-state index in [2.05, 4.69) is 58.7 Å². The topological polar surface area (TPSA) is 35.6 Å². The van der Waals surface area contributed by atoms with Crippen LogP contribution in [0.2, 0.25) is 0 Å². The lowest BCUT2D eigenvalue weighted by Crippen LogP contribution is -2.39. The highest BCUT2D eigenvalue weighted by Crippen LogP contribution is 2.17. The number of carbonyl (C=O) groups is 1. The van der Waals surface area contributed by atoms with E-state index < -0.39 is 0 Å². The van der Waals surface area contributed by atoms with Crippen molar-refractivity contribution in [2.24, 2.45) is 5.92 Å². The van der Waals surface area contributed by atoms with Crippen LogP contribution in [0.3, 0.4) is 0 Å². The Kier molecular flexibility index (Phi) is 11.2. The van der Waals surface area contributed by atoms with Crippen molar-refractivity contribution in [3.63, 3.8) is 0 Å². The van der Waals surface area contributed by atoms with Gasteiger partial charge in [-0.05, 0) is 37.1 Å². The summed E-state index contributed by atoms with van der Waals surface area (Å²) < 4.78 is 0. The number of hydrogen-bond acceptors (Lipinski definition) is 3. The molecule has 4 nitrogen and oxygen atoms in total. The van der Waals surface area contributed by atoms with Crippen LogP contribution >= 0.6 is 24.8 Å². The number of likely N-dealkylation sites (tertiary alicyclic amines) is 1. The number of nitrogens with zero attached hydrogens (tertiary/aromatic N) is 2. The Labute approximate surface area is 181 Å². The third-order valence-corrected chi connectivity index (χ3v) is 4.99. The van der Waals surface area contributed by atoms with Gasteiger partial charge in [0.25, 0.3) is 0 Å². The highest BCUT2D eigenvalue weighted by molar-refractivity contribution is 5.85. The first-order valence-electron chi connectivity index (χ1n) is 9.47. The molecular formula is C22H31Cl2N3O. The quantitative estimate of drug-likeness (QED) is 0.704. The molecule has 154 valence electrons. The fraction of sp³-hybridized carbons (Fsp3) is 0.409. The molecule has 6 heteroatoms. The van der Waals surface area contributed by atoms with E-state index in [1.54, 1.807) is 0 Å². The van der Waals surface area contributed by atoms with Gasteiger partial charge < -0.3 is 10.2 Å². The van der Waals surface area contributed by atoms with Gasteiger partial charge in [-0.15, -0.1) is 24.8 Å². The van der Waals surface area contributed by atoms with Gasteiger partial charge in [0.05, 0.1) is 6.54 Å². The first kappa shape index (κ1) is 24.4. The summed E-state index contributed by atoms with van der Waals surface area (Å²) in [7, 11) is 1.98. The summed E-state index contributed by atoms with van der Waals surface area (Å²) in [4.78, 5) is 17.1. The van der Waals surface area contributed by atoms with Crippen LogP contribution in [0.5, 0.6) is 0 Å². The molecule has 1 atom stereocenters. The Morgan fingerprint density at radius 1 is 1.00 bits per heavy atom. The molecule has 2 aromatic carbocycles. The summed E-state index contributed by atoms with van der Waals surface area (Å²) in [5, 5.41) is 3.23. The highest BCUT2D eigenvalue weighted by Gasteiger charge is 2.26. The molecule has 0 aromatic heterocycles. The summed E-state index contributed by atoms with van der Waals surface area (Å²) in [5.74, 6) is 0.830. The average molecular weight is 424 g/mol. The summed E-state index contributed by atoms with van der Waals surface area (Å²) in [6, 6.07) is 20.8. The third kappa shape index (κ3) is 7.44. The summed E-state index contributed by atoms with van der Waals surface area (Å²) >= 11 is 0. The van der Waals surface area contributed by atoms with Crippen molar-refractivity contribution in [3.05, 3.63) is 71.8 Å². The molecule has 1 amide bonds. The molecule has 1 unspecified atom stereocenters. The largest absolute Gasteiger partial charge is 0.341 e. The Hall–Kier alpha value is -1.59. The van der Waals surface area contributed by atoms with Gasteiger partial charge >= 0.3 is 0 Å². The molecule has 1 heterocycles. The van der Waals surface area contributed by atoms with Crippen LogP contribution in [-0.4, -0.2) is 48.9 Å². The minimum Gasteiger partial charge on any atom is -0.341 e. The van der Waals surface area contributed by atoms with Gasteiger partial charge in [-0.3, -0.25) is 9.69 Å². The maximum Gasteiger partial charge on any atom is 0.236 e. The molecule has 0 saturated carbocycles. The SMILES string of the molecule is CNCC1CCN(C(=O)CN(Cc2ccccc2)Cc2ccccc2)C1.Cl.Cl. The molecule has 0 radical (unpaired) electrons. The van der Waals surface area contributed by atoms with Crippen molar-refractivity contribution in [2.75, 3.05) is 33.2 Å². The minimum atomic E-state index is 0. The zero-order valence-electron chi connectivity index (χ0n) is 16.4. The van der Waals surface area contributed by atoms with Crippen molar-refractivity contribution in [3.8, 4) is 0 Å². The Bertz CT molecular complexity index is 643. The summed E-state index contributed by atoms with van der Waals surface area (Å²) in [6.45, 7) is 4.79. The molecule has 0 spiro atoms. The van der Waals surface area contributed by atoms with Gasteiger partial charge in [-0.2, -0.15) is 0 Å².